The van der Waals surface area contributed by atoms with Crippen LogP contribution in [0.25, 0.3) is 0 Å². The highest BCUT2D eigenvalue weighted by molar-refractivity contribution is 5.83. The van der Waals surface area contributed by atoms with Crippen LogP contribution in [0.5, 0.6) is 0 Å². The van der Waals surface area contributed by atoms with Crippen molar-refractivity contribution >= 4 is 5.78 Å². The van der Waals surface area contributed by atoms with Gasteiger partial charge in [0.05, 0.1) is 0 Å². The molecule has 1 aliphatic carbocycles. The van der Waals surface area contributed by atoms with E-state index in [9.17, 15) is 9.18 Å². The lowest BCUT2D eigenvalue weighted by atomic mass is 9.86. The highest BCUT2D eigenvalue weighted by atomic mass is 19.1. The molecule has 2 rings (SSSR count). The van der Waals surface area contributed by atoms with Gasteiger partial charge < -0.3 is 0 Å². The maximum atomic E-state index is 13.5. The van der Waals surface area contributed by atoms with Gasteiger partial charge in [0.15, 0.2) is 0 Å². The number of carbonyl (C=O) groups is 1. The number of carbonyl (C=O) groups excluding carboxylic acids is 1. The van der Waals surface area contributed by atoms with Gasteiger partial charge in [0.1, 0.15) is 11.6 Å². The fraction of sp³-hybridized carbons (Fsp3) is 0.562. The van der Waals surface area contributed by atoms with Crippen molar-refractivity contribution in [1.82, 2.24) is 0 Å². The van der Waals surface area contributed by atoms with Crippen LogP contribution < -0.4 is 0 Å². The molecule has 1 saturated carbocycles. The lowest BCUT2D eigenvalue weighted by Crippen LogP contribution is -2.18. The van der Waals surface area contributed by atoms with Crippen LogP contribution in [0.2, 0.25) is 0 Å². The Balaban J connectivity index is 1.96. The van der Waals surface area contributed by atoms with E-state index in [0.29, 0.717) is 5.56 Å². The van der Waals surface area contributed by atoms with E-state index in [1.165, 1.54) is 25.3 Å². The van der Waals surface area contributed by atoms with Crippen LogP contribution in [-0.2, 0) is 11.2 Å². The molecule has 1 nitrogen and oxygen atoms in total. The maximum Gasteiger partial charge on any atom is 0.140 e. The number of hydrogen-bond acceptors (Lipinski definition) is 1. The molecule has 1 aromatic carbocycles. The minimum atomic E-state index is -0.253. The highest BCUT2D eigenvalue weighted by Crippen LogP contribution is 2.24. The molecule has 0 aromatic heterocycles. The molecule has 0 saturated heterocycles. The molecule has 0 unspecified atom stereocenters. The van der Waals surface area contributed by atoms with Crippen molar-refractivity contribution in [2.75, 3.05) is 0 Å². The number of rotatable bonds is 3. The number of halogens is 1. The quantitative estimate of drug-likeness (QED) is 0.779. The molecule has 98 valence electrons. The Labute approximate surface area is 108 Å². The van der Waals surface area contributed by atoms with E-state index >= 15 is 0 Å². The van der Waals surface area contributed by atoms with Gasteiger partial charge in [-0.15, -0.1) is 0 Å². The molecule has 0 heterocycles. The third kappa shape index (κ3) is 3.66. The second kappa shape index (κ2) is 6.67. The van der Waals surface area contributed by atoms with Crippen LogP contribution in [0, 0.1) is 11.7 Å². The van der Waals surface area contributed by atoms with Gasteiger partial charge in [-0.1, -0.05) is 50.3 Å². The fourth-order valence-electron chi connectivity index (χ4n) is 2.75. The standard InChI is InChI=1S/C16H21FO/c17-15-11-7-6-10-14(15)12-16(18)13-8-4-2-1-3-5-9-13/h6-7,10-11,13H,1-5,8-9,12H2. The summed E-state index contributed by atoms with van der Waals surface area (Å²) in [6, 6.07) is 6.61. The SMILES string of the molecule is O=C(Cc1ccccc1F)C1CCCCCCC1. The largest absolute Gasteiger partial charge is 0.299 e. The first kappa shape index (κ1) is 13.3. The maximum absolute atomic E-state index is 13.5. The van der Waals surface area contributed by atoms with Crippen molar-refractivity contribution in [2.24, 2.45) is 5.92 Å². The summed E-state index contributed by atoms with van der Waals surface area (Å²) in [4.78, 5) is 12.2. The van der Waals surface area contributed by atoms with Crippen molar-refractivity contribution in [2.45, 2.75) is 51.4 Å². The molecule has 0 N–H and O–H groups in total. The van der Waals surface area contributed by atoms with E-state index in [1.54, 1.807) is 18.2 Å². The zero-order valence-electron chi connectivity index (χ0n) is 10.8. The van der Waals surface area contributed by atoms with E-state index in [0.717, 1.165) is 25.7 Å². The first-order valence-electron chi connectivity index (χ1n) is 7.03. The van der Waals surface area contributed by atoms with Gasteiger partial charge in [0, 0.05) is 12.3 Å². The summed E-state index contributed by atoms with van der Waals surface area (Å²) < 4.78 is 13.5. The highest BCUT2D eigenvalue weighted by Gasteiger charge is 2.20. The second-order valence-corrected chi connectivity index (χ2v) is 5.28. The van der Waals surface area contributed by atoms with Crippen LogP contribution in [0.15, 0.2) is 24.3 Å². The number of benzene rings is 1. The number of Topliss-reactive ketones (excluding diaryl/α,β-unsaturated/α-hetero) is 1. The number of hydrogen-bond donors (Lipinski definition) is 0. The molecule has 18 heavy (non-hydrogen) atoms. The van der Waals surface area contributed by atoms with Crippen molar-refractivity contribution in [3.05, 3.63) is 35.6 Å². The zero-order valence-corrected chi connectivity index (χ0v) is 10.8. The summed E-state index contributed by atoms with van der Waals surface area (Å²) in [5.74, 6) is 0.128. The topological polar surface area (TPSA) is 17.1 Å². The van der Waals surface area contributed by atoms with Gasteiger partial charge in [-0.25, -0.2) is 4.39 Å². The van der Waals surface area contributed by atoms with E-state index in [4.69, 9.17) is 0 Å². The summed E-state index contributed by atoms with van der Waals surface area (Å²) in [5.41, 5.74) is 0.546. The first-order valence-corrected chi connectivity index (χ1v) is 7.03. The Morgan fingerprint density at radius 3 is 2.33 bits per heavy atom. The van der Waals surface area contributed by atoms with Crippen molar-refractivity contribution in [3.63, 3.8) is 0 Å². The Bertz CT molecular complexity index is 392. The average molecular weight is 248 g/mol. The molecule has 0 aliphatic heterocycles. The van der Waals surface area contributed by atoms with E-state index < -0.39 is 0 Å². The summed E-state index contributed by atoms with van der Waals surface area (Å²) in [6.45, 7) is 0. The average Bonchev–Trinajstić information content (AvgIpc) is 2.31. The van der Waals surface area contributed by atoms with Gasteiger partial charge in [0.25, 0.3) is 0 Å². The van der Waals surface area contributed by atoms with E-state index in [1.807, 2.05) is 0 Å². The molecular formula is C16H21FO. The Kier molecular flexibility index (Phi) is 4.91. The lowest BCUT2D eigenvalue weighted by Gasteiger charge is -2.18. The molecule has 1 aliphatic rings. The molecule has 1 fully saturated rings. The van der Waals surface area contributed by atoms with E-state index in [-0.39, 0.29) is 23.9 Å². The zero-order chi connectivity index (χ0) is 12.8. The molecular weight excluding hydrogens is 227 g/mol. The van der Waals surface area contributed by atoms with Crippen LogP contribution >= 0.6 is 0 Å². The minimum Gasteiger partial charge on any atom is -0.299 e. The first-order chi connectivity index (χ1) is 8.77. The van der Waals surface area contributed by atoms with Crippen molar-refractivity contribution in [3.8, 4) is 0 Å². The van der Waals surface area contributed by atoms with Crippen molar-refractivity contribution < 1.29 is 9.18 Å². The van der Waals surface area contributed by atoms with Crippen molar-refractivity contribution in [1.29, 1.82) is 0 Å². The fourth-order valence-corrected chi connectivity index (χ4v) is 2.75. The summed E-state index contributed by atoms with van der Waals surface area (Å²) in [5, 5.41) is 0. The smallest absolute Gasteiger partial charge is 0.140 e. The molecule has 1 aromatic rings. The summed E-state index contributed by atoms with van der Waals surface area (Å²) in [6.07, 6.45) is 8.32. The van der Waals surface area contributed by atoms with Gasteiger partial charge in [-0.05, 0) is 24.5 Å². The molecule has 0 spiro atoms. The van der Waals surface area contributed by atoms with Gasteiger partial charge >= 0.3 is 0 Å². The van der Waals surface area contributed by atoms with Crippen LogP contribution in [0.4, 0.5) is 4.39 Å². The van der Waals surface area contributed by atoms with Gasteiger partial charge in [-0.2, -0.15) is 0 Å². The van der Waals surface area contributed by atoms with Gasteiger partial charge in [-0.3, -0.25) is 4.79 Å². The Hall–Kier alpha value is -1.18. The molecule has 0 atom stereocenters. The van der Waals surface area contributed by atoms with Crippen LogP contribution in [0.1, 0.15) is 50.5 Å². The predicted octanol–water partition coefficient (Wildman–Crippen LogP) is 4.30. The molecule has 0 radical (unpaired) electrons. The summed E-state index contributed by atoms with van der Waals surface area (Å²) in [7, 11) is 0. The Morgan fingerprint density at radius 1 is 1.06 bits per heavy atom. The summed E-state index contributed by atoms with van der Waals surface area (Å²) >= 11 is 0. The van der Waals surface area contributed by atoms with Crippen LogP contribution in [0.3, 0.4) is 0 Å². The normalized spacial score (nSPS) is 18.1. The lowest BCUT2D eigenvalue weighted by molar-refractivity contribution is -0.122. The van der Waals surface area contributed by atoms with Crippen LogP contribution in [-0.4, -0.2) is 5.78 Å². The monoisotopic (exact) mass is 248 g/mol. The molecule has 0 bridgehead atoms. The molecule has 0 amide bonds. The Morgan fingerprint density at radius 2 is 1.67 bits per heavy atom. The second-order valence-electron chi connectivity index (χ2n) is 5.28. The predicted molar refractivity (Wildman–Crippen MR) is 70.9 cm³/mol. The third-order valence-corrected chi connectivity index (χ3v) is 3.88. The van der Waals surface area contributed by atoms with Gasteiger partial charge in [0.2, 0.25) is 0 Å². The third-order valence-electron chi connectivity index (χ3n) is 3.88. The van der Waals surface area contributed by atoms with E-state index in [2.05, 4.69) is 0 Å². The minimum absolute atomic E-state index is 0.157. The number of ketones is 1. The molecule has 2 heteroatoms.